The number of ether oxygens (including phenoxy) is 1. The van der Waals surface area contributed by atoms with E-state index in [1.807, 2.05) is 6.07 Å². The van der Waals surface area contributed by atoms with E-state index in [0.717, 1.165) is 24.5 Å². The first-order valence-electron chi connectivity index (χ1n) is 7.34. The van der Waals surface area contributed by atoms with Gasteiger partial charge in [-0.1, -0.05) is 12.2 Å². The second-order valence-corrected chi connectivity index (χ2v) is 7.57. The maximum absolute atomic E-state index is 5.22. The molecule has 0 aromatic carbocycles. The smallest absolute Gasteiger partial charge is 0.135 e. The van der Waals surface area contributed by atoms with Crippen molar-refractivity contribution in [1.29, 1.82) is 0 Å². The Morgan fingerprint density at radius 3 is 2.52 bits per heavy atom. The van der Waals surface area contributed by atoms with Crippen molar-refractivity contribution in [2.75, 3.05) is 12.4 Å². The largest absolute Gasteiger partial charge is 0.377 e. The number of hydrogen-bond donors (Lipinski definition) is 3. The molecule has 1 saturated heterocycles. The van der Waals surface area contributed by atoms with Crippen LogP contribution in [0.5, 0.6) is 0 Å². The third-order valence-corrected chi connectivity index (χ3v) is 3.83. The first kappa shape index (κ1) is 16.4. The summed E-state index contributed by atoms with van der Waals surface area (Å²) in [6, 6.07) is 2.26. The van der Waals surface area contributed by atoms with Crippen LogP contribution in [0, 0.1) is 4.64 Å². The lowest BCUT2D eigenvalue weighted by Gasteiger charge is -2.46. The zero-order valence-corrected chi connectivity index (χ0v) is 14.4. The highest BCUT2D eigenvalue weighted by Gasteiger charge is 2.37. The second kappa shape index (κ2) is 6.02. The topological polar surface area (TPSA) is 62.0 Å². The van der Waals surface area contributed by atoms with Gasteiger partial charge in [0.05, 0.1) is 0 Å². The predicted molar refractivity (Wildman–Crippen MR) is 88.1 cm³/mol. The van der Waals surface area contributed by atoms with E-state index in [9.17, 15) is 0 Å². The molecular formula is C15H26N4OS. The minimum absolute atomic E-state index is 0.110. The fourth-order valence-corrected chi connectivity index (χ4v) is 3.66. The molecule has 1 aliphatic heterocycles. The van der Waals surface area contributed by atoms with Gasteiger partial charge in [0.25, 0.3) is 0 Å². The van der Waals surface area contributed by atoms with Crippen LogP contribution in [0.1, 0.15) is 46.4 Å². The molecule has 6 heteroatoms. The zero-order valence-electron chi connectivity index (χ0n) is 13.5. The summed E-state index contributed by atoms with van der Waals surface area (Å²) in [6.45, 7) is 9.41. The van der Waals surface area contributed by atoms with Crippen LogP contribution in [-0.2, 0) is 11.3 Å². The van der Waals surface area contributed by atoms with Crippen molar-refractivity contribution in [1.82, 2.24) is 15.3 Å². The van der Waals surface area contributed by atoms with Gasteiger partial charge in [-0.15, -0.1) is 0 Å². The molecule has 3 N–H and O–H groups in total. The van der Waals surface area contributed by atoms with Crippen LogP contribution < -0.4 is 10.6 Å². The minimum atomic E-state index is 0.110. The van der Waals surface area contributed by atoms with Crippen molar-refractivity contribution in [2.24, 2.45) is 0 Å². The molecule has 21 heavy (non-hydrogen) atoms. The summed E-state index contributed by atoms with van der Waals surface area (Å²) >= 11 is 5.22. The Morgan fingerprint density at radius 2 is 1.95 bits per heavy atom. The van der Waals surface area contributed by atoms with E-state index in [4.69, 9.17) is 17.0 Å². The molecule has 1 aromatic heterocycles. The summed E-state index contributed by atoms with van der Waals surface area (Å²) in [4.78, 5) is 7.51. The van der Waals surface area contributed by atoms with Crippen molar-refractivity contribution in [2.45, 2.75) is 64.3 Å². The fourth-order valence-electron chi connectivity index (χ4n) is 3.44. The van der Waals surface area contributed by atoms with E-state index in [2.05, 4.69) is 48.3 Å². The number of nitrogens with zero attached hydrogens (tertiary/aromatic N) is 1. The number of hydrogen-bond acceptors (Lipinski definition) is 5. The number of aromatic nitrogens is 2. The number of H-pyrrole nitrogens is 1. The maximum Gasteiger partial charge on any atom is 0.135 e. The van der Waals surface area contributed by atoms with Crippen LogP contribution in [0.2, 0.25) is 0 Å². The Bertz CT molecular complexity index is 537. The molecule has 2 rings (SSSR count). The Labute approximate surface area is 131 Å². The molecule has 5 nitrogen and oxygen atoms in total. The second-order valence-electron chi connectivity index (χ2n) is 7.16. The summed E-state index contributed by atoms with van der Waals surface area (Å²) in [6.07, 6.45) is 2.11. The molecule has 0 amide bonds. The van der Waals surface area contributed by atoms with Crippen LogP contribution >= 0.6 is 12.2 Å². The van der Waals surface area contributed by atoms with Crippen LogP contribution in [0.25, 0.3) is 0 Å². The molecule has 118 valence electrons. The Morgan fingerprint density at radius 1 is 1.33 bits per heavy atom. The predicted octanol–water partition coefficient (Wildman–Crippen LogP) is 3.01. The summed E-state index contributed by atoms with van der Waals surface area (Å²) in [5, 5.41) is 7.26. The molecule has 2 heterocycles. The first-order valence-corrected chi connectivity index (χ1v) is 7.75. The average Bonchev–Trinajstić information content (AvgIpc) is 2.23. The molecule has 0 unspecified atom stereocenters. The van der Waals surface area contributed by atoms with E-state index in [-0.39, 0.29) is 11.1 Å². The molecule has 1 aromatic rings. The molecule has 0 aliphatic carbocycles. The van der Waals surface area contributed by atoms with Gasteiger partial charge in [-0.25, -0.2) is 4.98 Å². The van der Waals surface area contributed by atoms with Gasteiger partial charge >= 0.3 is 0 Å². The quantitative estimate of drug-likeness (QED) is 0.746. The van der Waals surface area contributed by atoms with Gasteiger partial charge in [-0.3, -0.25) is 0 Å². The van der Waals surface area contributed by atoms with Crippen molar-refractivity contribution >= 4 is 18.0 Å². The van der Waals surface area contributed by atoms with Gasteiger partial charge in [0, 0.05) is 30.3 Å². The molecule has 0 atom stereocenters. The van der Waals surface area contributed by atoms with Crippen molar-refractivity contribution in [3.05, 3.63) is 16.5 Å². The van der Waals surface area contributed by atoms with Crippen LogP contribution in [0.15, 0.2) is 6.07 Å². The Kier molecular flexibility index (Phi) is 4.70. The summed E-state index contributed by atoms with van der Waals surface area (Å²) in [7, 11) is 1.65. The Balaban J connectivity index is 2.15. The number of piperidine rings is 1. The molecule has 1 fully saturated rings. The lowest BCUT2D eigenvalue weighted by Crippen LogP contribution is -2.60. The molecular weight excluding hydrogens is 284 g/mol. The highest BCUT2D eigenvalue weighted by Crippen LogP contribution is 2.30. The third kappa shape index (κ3) is 4.76. The number of anilines is 1. The zero-order chi connectivity index (χ0) is 15.7. The maximum atomic E-state index is 5.22. The fraction of sp³-hybridized carbons (Fsp3) is 0.733. The normalized spacial score (nSPS) is 21.2. The van der Waals surface area contributed by atoms with Gasteiger partial charge in [-0.2, -0.15) is 0 Å². The van der Waals surface area contributed by atoms with E-state index >= 15 is 0 Å². The third-order valence-electron chi connectivity index (χ3n) is 3.62. The molecule has 0 radical (unpaired) electrons. The monoisotopic (exact) mass is 310 g/mol. The Hall–Kier alpha value is -0.980. The van der Waals surface area contributed by atoms with Crippen molar-refractivity contribution in [3.8, 4) is 0 Å². The van der Waals surface area contributed by atoms with E-state index in [1.165, 1.54) is 0 Å². The highest BCUT2D eigenvalue weighted by molar-refractivity contribution is 7.71. The number of nitrogens with one attached hydrogen (secondary N) is 3. The van der Waals surface area contributed by atoms with Gasteiger partial charge in [-0.05, 0) is 40.5 Å². The first-order chi connectivity index (χ1) is 9.69. The van der Waals surface area contributed by atoms with Gasteiger partial charge in [0.2, 0.25) is 0 Å². The lowest BCUT2D eigenvalue weighted by atomic mass is 9.79. The highest BCUT2D eigenvalue weighted by atomic mass is 32.1. The molecule has 1 aliphatic rings. The average molecular weight is 310 g/mol. The standard InChI is InChI=1S/C15H26N4OS/c1-14(2)7-10(8-15(3,4)19-14)16-11-6-13(21)18-12(17-11)9-20-5/h6,10,19H,7-9H2,1-5H3,(H2,16,17,18,21). The van der Waals surface area contributed by atoms with Gasteiger partial charge < -0.3 is 20.4 Å². The van der Waals surface area contributed by atoms with Gasteiger partial charge in [0.1, 0.15) is 22.9 Å². The molecule has 0 spiro atoms. The van der Waals surface area contributed by atoms with Crippen LogP contribution in [0.3, 0.4) is 0 Å². The van der Waals surface area contributed by atoms with Crippen LogP contribution in [-0.4, -0.2) is 34.2 Å². The molecule has 0 saturated carbocycles. The van der Waals surface area contributed by atoms with E-state index in [0.29, 0.717) is 17.3 Å². The minimum Gasteiger partial charge on any atom is -0.377 e. The number of methoxy groups -OCH3 is 1. The summed E-state index contributed by atoms with van der Waals surface area (Å²) in [5.74, 6) is 1.67. The van der Waals surface area contributed by atoms with E-state index < -0.39 is 0 Å². The van der Waals surface area contributed by atoms with E-state index in [1.54, 1.807) is 7.11 Å². The van der Waals surface area contributed by atoms with Gasteiger partial charge in [0.15, 0.2) is 0 Å². The number of rotatable bonds is 4. The number of aromatic amines is 1. The summed E-state index contributed by atoms with van der Waals surface area (Å²) < 4.78 is 5.70. The van der Waals surface area contributed by atoms with Crippen molar-refractivity contribution in [3.63, 3.8) is 0 Å². The van der Waals surface area contributed by atoms with Crippen molar-refractivity contribution < 1.29 is 4.74 Å². The SMILES string of the molecule is COCc1nc(=S)cc(NC2CC(C)(C)NC(C)(C)C2)[nH]1. The lowest BCUT2D eigenvalue weighted by molar-refractivity contribution is 0.170. The van der Waals surface area contributed by atoms with Crippen LogP contribution in [0.4, 0.5) is 5.82 Å². The summed E-state index contributed by atoms with van der Waals surface area (Å²) in [5.41, 5.74) is 0.219. The molecule has 0 bridgehead atoms.